The van der Waals surface area contributed by atoms with E-state index >= 15 is 0 Å². The summed E-state index contributed by atoms with van der Waals surface area (Å²) in [5, 5.41) is 23.7. The number of hydrogen-bond acceptors (Lipinski definition) is 5. The molecule has 0 aliphatic rings. The van der Waals surface area contributed by atoms with Crippen LogP contribution < -0.4 is 5.32 Å². The maximum atomic E-state index is 13.1. The number of aliphatic hydroxyl groups is 2. The molecule has 0 heterocycles. The molecule has 0 fully saturated rings. The number of hydrogen-bond donors (Lipinski definition) is 3. The number of rotatable bonds is 41. The Labute approximate surface area is 346 Å². The third-order valence-corrected chi connectivity index (χ3v) is 10.4. The van der Waals surface area contributed by atoms with E-state index in [-0.39, 0.29) is 24.9 Å². The van der Waals surface area contributed by atoms with E-state index in [2.05, 4.69) is 56.5 Å². The van der Waals surface area contributed by atoms with Crippen molar-refractivity contribution < 1.29 is 24.5 Å². The lowest BCUT2D eigenvalue weighted by atomic mass is 10.0. The lowest BCUT2D eigenvalue weighted by molar-refractivity contribution is -0.151. The third-order valence-electron chi connectivity index (χ3n) is 10.4. The van der Waals surface area contributed by atoms with Gasteiger partial charge in [0.15, 0.2) is 0 Å². The molecule has 324 valence electrons. The van der Waals surface area contributed by atoms with Crippen molar-refractivity contribution in [2.75, 3.05) is 6.61 Å². The Hall–Kier alpha value is -2.44. The quantitative estimate of drug-likeness (QED) is 0.0248. The molecule has 6 heteroatoms. The Morgan fingerprint density at radius 3 is 1.57 bits per heavy atom. The molecule has 0 aliphatic carbocycles. The summed E-state index contributed by atoms with van der Waals surface area (Å²) >= 11 is 0. The number of allylic oxidation sites excluding steroid dienone is 10. The molecule has 6 nitrogen and oxygen atoms in total. The fraction of sp³-hybridized carbons (Fsp3) is 0.760. The molecule has 3 unspecified atom stereocenters. The van der Waals surface area contributed by atoms with Crippen LogP contribution in [0.25, 0.3) is 0 Å². The molecule has 0 spiro atoms. The average Bonchev–Trinajstić information content (AvgIpc) is 3.19. The molecule has 0 rings (SSSR count). The number of ether oxygens (including phenoxy) is 1. The van der Waals surface area contributed by atoms with Crippen molar-refractivity contribution in [2.24, 2.45) is 0 Å². The second-order valence-corrected chi connectivity index (χ2v) is 15.9. The van der Waals surface area contributed by atoms with Crippen molar-refractivity contribution in [3.63, 3.8) is 0 Å². The Balaban J connectivity index is 4.55. The first-order valence-electron chi connectivity index (χ1n) is 23.6. The summed E-state index contributed by atoms with van der Waals surface area (Å²) in [4.78, 5) is 25.9. The summed E-state index contributed by atoms with van der Waals surface area (Å²) in [5.74, 6) is -0.541. The molecule has 3 N–H and O–H groups in total. The van der Waals surface area contributed by atoms with E-state index in [1.165, 1.54) is 89.9 Å². The Morgan fingerprint density at radius 2 is 1.00 bits per heavy atom. The normalized spacial score (nSPS) is 13.9. The van der Waals surface area contributed by atoms with Gasteiger partial charge in [0.1, 0.15) is 6.10 Å². The maximum Gasteiger partial charge on any atom is 0.306 e. The van der Waals surface area contributed by atoms with Crippen LogP contribution in [0.5, 0.6) is 0 Å². The summed E-state index contributed by atoms with van der Waals surface area (Å²) in [6.45, 7) is 6.27. The van der Waals surface area contributed by atoms with E-state index in [4.69, 9.17) is 4.74 Å². The second-order valence-electron chi connectivity index (χ2n) is 15.9. The molecule has 1 amide bonds. The molecule has 0 aliphatic heterocycles. The monoisotopic (exact) mass is 784 g/mol. The van der Waals surface area contributed by atoms with Crippen LogP contribution in [0.1, 0.15) is 220 Å². The van der Waals surface area contributed by atoms with Crippen molar-refractivity contribution in [2.45, 2.75) is 238 Å². The van der Waals surface area contributed by atoms with Crippen molar-refractivity contribution >= 4 is 11.9 Å². The molecule has 0 saturated heterocycles. The van der Waals surface area contributed by atoms with E-state index < -0.39 is 18.2 Å². The van der Waals surface area contributed by atoms with Crippen molar-refractivity contribution in [1.29, 1.82) is 0 Å². The van der Waals surface area contributed by atoms with Gasteiger partial charge in [-0.1, -0.05) is 204 Å². The highest BCUT2D eigenvalue weighted by molar-refractivity contribution is 5.77. The van der Waals surface area contributed by atoms with Crippen molar-refractivity contribution in [3.05, 3.63) is 60.8 Å². The third kappa shape index (κ3) is 38.4. The van der Waals surface area contributed by atoms with Crippen LogP contribution >= 0.6 is 0 Å². The molecule has 0 radical (unpaired) electrons. The molecule has 0 aromatic carbocycles. The zero-order valence-electron chi connectivity index (χ0n) is 36.8. The highest BCUT2D eigenvalue weighted by atomic mass is 16.5. The minimum Gasteiger partial charge on any atom is -0.462 e. The van der Waals surface area contributed by atoms with E-state index in [0.717, 1.165) is 83.5 Å². The number of carbonyl (C=O) groups is 2. The van der Waals surface area contributed by atoms with Gasteiger partial charge in [-0.3, -0.25) is 9.59 Å². The Morgan fingerprint density at radius 1 is 0.536 bits per heavy atom. The first-order chi connectivity index (χ1) is 27.5. The second kappa shape index (κ2) is 43.7. The fourth-order valence-electron chi connectivity index (χ4n) is 6.83. The van der Waals surface area contributed by atoms with Crippen LogP contribution in [-0.4, -0.2) is 46.9 Å². The van der Waals surface area contributed by atoms with Crippen LogP contribution in [-0.2, 0) is 14.3 Å². The Kier molecular flexibility index (Phi) is 41.8. The highest BCUT2D eigenvalue weighted by Crippen LogP contribution is 2.17. The number of nitrogens with one attached hydrogen (secondary N) is 1. The van der Waals surface area contributed by atoms with Crippen molar-refractivity contribution in [3.8, 4) is 0 Å². The van der Waals surface area contributed by atoms with E-state index in [1.54, 1.807) is 0 Å². The number of carbonyl (C=O) groups excluding carboxylic acids is 2. The minimum atomic E-state index is -0.798. The minimum absolute atomic E-state index is 0.0488. The van der Waals surface area contributed by atoms with E-state index in [1.807, 2.05) is 30.4 Å². The molecule has 0 saturated carbocycles. The van der Waals surface area contributed by atoms with Gasteiger partial charge in [-0.25, -0.2) is 0 Å². The van der Waals surface area contributed by atoms with Gasteiger partial charge in [-0.15, -0.1) is 0 Å². The lowest BCUT2D eigenvalue weighted by Crippen LogP contribution is -2.46. The van der Waals surface area contributed by atoms with Gasteiger partial charge in [0, 0.05) is 6.42 Å². The number of amides is 1. The molecule has 56 heavy (non-hydrogen) atoms. The van der Waals surface area contributed by atoms with Crippen LogP contribution in [0.4, 0.5) is 0 Å². The predicted molar refractivity (Wildman–Crippen MR) is 241 cm³/mol. The largest absolute Gasteiger partial charge is 0.462 e. The summed E-state index contributed by atoms with van der Waals surface area (Å²) in [6, 6.07) is -0.714. The molecule has 3 atom stereocenters. The van der Waals surface area contributed by atoms with E-state index in [9.17, 15) is 19.8 Å². The number of esters is 1. The summed E-state index contributed by atoms with van der Waals surface area (Å²) in [5.41, 5.74) is 0. The van der Waals surface area contributed by atoms with Gasteiger partial charge in [0.2, 0.25) is 5.91 Å². The van der Waals surface area contributed by atoms with Crippen LogP contribution in [0.15, 0.2) is 60.8 Å². The van der Waals surface area contributed by atoms with Crippen molar-refractivity contribution in [1.82, 2.24) is 5.32 Å². The summed E-state index contributed by atoms with van der Waals surface area (Å²) < 4.78 is 5.86. The predicted octanol–water partition coefficient (Wildman–Crippen LogP) is 13.7. The fourth-order valence-corrected chi connectivity index (χ4v) is 6.83. The van der Waals surface area contributed by atoms with Gasteiger partial charge in [0.25, 0.3) is 0 Å². The lowest BCUT2D eigenvalue weighted by Gasteiger charge is -2.24. The van der Waals surface area contributed by atoms with Crippen LogP contribution in [0, 0.1) is 0 Å². The number of aliphatic hydroxyl groups excluding tert-OH is 2. The summed E-state index contributed by atoms with van der Waals surface area (Å²) in [7, 11) is 0. The van der Waals surface area contributed by atoms with E-state index in [0.29, 0.717) is 19.3 Å². The molecule has 0 aromatic heterocycles. The maximum absolute atomic E-state index is 13.1. The zero-order chi connectivity index (χ0) is 41.0. The molecule has 0 aromatic rings. The molecule has 0 bridgehead atoms. The smallest absolute Gasteiger partial charge is 0.306 e. The highest BCUT2D eigenvalue weighted by Gasteiger charge is 2.24. The molecular formula is C50H89NO5. The Bertz CT molecular complexity index is 1010. The van der Waals surface area contributed by atoms with Gasteiger partial charge in [0.05, 0.1) is 25.2 Å². The zero-order valence-corrected chi connectivity index (χ0v) is 36.8. The first-order valence-corrected chi connectivity index (χ1v) is 23.6. The summed E-state index contributed by atoms with van der Waals surface area (Å²) in [6.07, 6.45) is 52.8. The first kappa shape index (κ1) is 53.6. The van der Waals surface area contributed by atoms with Crippen LogP contribution in [0.3, 0.4) is 0 Å². The molecular weight excluding hydrogens is 695 g/mol. The van der Waals surface area contributed by atoms with Gasteiger partial charge < -0.3 is 20.3 Å². The van der Waals surface area contributed by atoms with Gasteiger partial charge in [-0.2, -0.15) is 0 Å². The average molecular weight is 784 g/mol. The SMILES string of the molecule is CC/C=C/C=C/C=C\C=C/CCCCCC(=O)OC(CCCCC/C=C\CCCC)CC(=O)NC(CO)C(O)CCCCCCCCCCCCCCCCC. The van der Waals surface area contributed by atoms with Gasteiger partial charge in [-0.05, 0) is 64.2 Å². The topological polar surface area (TPSA) is 95.9 Å². The number of unbranched alkanes of at least 4 members (excludes halogenated alkanes) is 22. The standard InChI is InChI=1S/C50H89NO5/c1-4-7-10-13-16-19-21-23-24-26-27-30-33-36-39-42-48(53)47(45-52)51-49(54)44-46(41-38-35-32-29-18-15-12-9-6-3)56-50(55)43-40-37-34-31-28-25-22-20-17-14-11-8-5-2/h8,11,14-15,17-18,20,22,25,28,46-48,52-53H,4-7,9-10,12-13,16,19,21,23-24,26-27,29-45H2,1-3H3,(H,51,54)/b11-8+,17-14+,18-15-,22-20-,28-25-. The van der Waals surface area contributed by atoms with Gasteiger partial charge >= 0.3 is 5.97 Å². The van der Waals surface area contributed by atoms with Crippen LogP contribution in [0.2, 0.25) is 0 Å².